The highest BCUT2D eigenvalue weighted by Gasteiger charge is 1.96. The number of allylic oxidation sites excluding steroid dienone is 1. The number of phenolic OH excluding ortho intramolecular Hbond substituents is 1. The number of aromatic hydroxyl groups is 1. The van der Waals surface area contributed by atoms with Crippen LogP contribution in [0.1, 0.15) is 32.8 Å². The third-order valence-electron chi connectivity index (χ3n) is 2.61. The van der Waals surface area contributed by atoms with E-state index in [4.69, 9.17) is 0 Å². The first-order valence-corrected chi connectivity index (χ1v) is 6.25. The predicted octanol–water partition coefficient (Wildman–Crippen LogP) is 3.27. The van der Waals surface area contributed by atoms with Gasteiger partial charge in [0.25, 0.3) is 0 Å². The van der Waals surface area contributed by atoms with Crippen molar-refractivity contribution in [3.8, 4) is 5.75 Å². The van der Waals surface area contributed by atoms with Crippen LogP contribution in [-0.2, 0) is 6.42 Å². The van der Waals surface area contributed by atoms with Crippen molar-refractivity contribution >= 4 is 0 Å². The van der Waals surface area contributed by atoms with Crippen LogP contribution in [0.25, 0.3) is 0 Å². The number of hydrogen-bond donors (Lipinski definition) is 2. The number of phenols is 1. The second-order valence-electron chi connectivity index (χ2n) is 4.79. The van der Waals surface area contributed by atoms with E-state index in [0.29, 0.717) is 11.8 Å². The molecular weight excluding hydrogens is 210 g/mol. The lowest BCUT2D eigenvalue weighted by molar-refractivity contribution is 0.475. The highest BCUT2D eigenvalue weighted by atomic mass is 16.3. The summed E-state index contributed by atoms with van der Waals surface area (Å²) in [5.41, 5.74) is 2.62. The molecule has 0 heterocycles. The molecule has 1 aromatic rings. The van der Waals surface area contributed by atoms with Crippen LogP contribution in [0.15, 0.2) is 35.9 Å². The monoisotopic (exact) mass is 233 g/mol. The lowest BCUT2D eigenvalue weighted by atomic mass is 10.1. The number of benzene rings is 1. The van der Waals surface area contributed by atoms with E-state index in [1.165, 1.54) is 11.1 Å². The summed E-state index contributed by atoms with van der Waals surface area (Å²) in [6, 6.07) is 7.98. The fraction of sp³-hybridized carbons (Fsp3) is 0.467. The normalized spacial score (nSPS) is 12.1. The van der Waals surface area contributed by atoms with Gasteiger partial charge in [-0.25, -0.2) is 0 Å². The summed E-state index contributed by atoms with van der Waals surface area (Å²) in [6.45, 7) is 7.51. The average molecular weight is 233 g/mol. The van der Waals surface area contributed by atoms with Gasteiger partial charge in [0.2, 0.25) is 0 Å². The van der Waals surface area contributed by atoms with E-state index in [9.17, 15) is 5.11 Å². The van der Waals surface area contributed by atoms with Crippen molar-refractivity contribution in [3.05, 3.63) is 41.5 Å². The molecule has 0 amide bonds. The number of hydrogen-bond acceptors (Lipinski definition) is 2. The standard InChI is InChI=1S/C15H23NO/c1-12(2)16-10-4-5-13(3)11-14-6-8-15(17)9-7-14/h5-9,12,16-17H,4,10-11H2,1-3H3. The van der Waals surface area contributed by atoms with Crippen LogP contribution >= 0.6 is 0 Å². The van der Waals surface area contributed by atoms with Gasteiger partial charge in [-0.3, -0.25) is 0 Å². The average Bonchev–Trinajstić information content (AvgIpc) is 2.27. The Morgan fingerprint density at radius 1 is 1.29 bits per heavy atom. The molecule has 0 atom stereocenters. The zero-order valence-corrected chi connectivity index (χ0v) is 11.0. The van der Waals surface area contributed by atoms with Crippen molar-refractivity contribution in [2.45, 2.75) is 39.7 Å². The first kappa shape index (κ1) is 13.8. The largest absolute Gasteiger partial charge is 0.508 e. The Balaban J connectivity index is 2.35. The Bertz CT molecular complexity index is 352. The molecular formula is C15H23NO. The molecule has 1 rings (SSSR count). The highest BCUT2D eigenvalue weighted by molar-refractivity contribution is 5.28. The second-order valence-corrected chi connectivity index (χ2v) is 4.79. The molecule has 17 heavy (non-hydrogen) atoms. The summed E-state index contributed by atoms with van der Waals surface area (Å²) in [5, 5.41) is 12.6. The molecule has 0 bridgehead atoms. The van der Waals surface area contributed by atoms with Gasteiger partial charge in [-0.05, 0) is 44.0 Å². The number of nitrogens with one attached hydrogen (secondary N) is 1. The first-order valence-electron chi connectivity index (χ1n) is 6.25. The fourth-order valence-electron chi connectivity index (χ4n) is 1.70. The molecule has 0 saturated heterocycles. The van der Waals surface area contributed by atoms with Crippen LogP contribution in [-0.4, -0.2) is 17.7 Å². The summed E-state index contributed by atoms with van der Waals surface area (Å²) < 4.78 is 0. The summed E-state index contributed by atoms with van der Waals surface area (Å²) >= 11 is 0. The smallest absolute Gasteiger partial charge is 0.115 e. The fourth-order valence-corrected chi connectivity index (χ4v) is 1.70. The van der Waals surface area contributed by atoms with Gasteiger partial charge in [0.05, 0.1) is 0 Å². The van der Waals surface area contributed by atoms with Gasteiger partial charge in [0, 0.05) is 6.04 Å². The zero-order chi connectivity index (χ0) is 12.7. The van der Waals surface area contributed by atoms with E-state index < -0.39 is 0 Å². The van der Waals surface area contributed by atoms with Gasteiger partial charge >= 0.3 is 0 Å². The minimum atomic E-state index is 0.330. The van der Waals surface area contributed by atoms with Crippen LogP contribution in [0.5, 0.6) is 5.75 Å². The summed E-state index contributed by atoms with van der Waals surface area (Å²) in [7, 11) is 0. The van der Waals surface area contributed by atoms with Crippen LogP contribution in [0.2, 0.25) is 0 Å². The molecule has 0 aliphatic heterocycles. The number of rotatable bonds is 6. The summed E-state index contributed by atoms with van der Waals surface area (Å²) in [5.74, 6) is 0.330. The minimum Gasteiger partial charge on any atom is -0.508 e. The van der Waals surface area contributed by atoms with E-state index in [1.807, 2.05) is 12.1 Å². The quantitative estimate of drug-likeness (QED) is 0.584. The van der Waals surface area contributed by atoms with Gasteiger partial charge in [-0.15, -0.1) is 0 Å². The van der Waals surface area contributed by atoms with Crippen molar-refractivity contribution in [1.82, 2.24) is 5.32 Å². The molecule has 0 radical (unpaired) electrons. The maximum Gasteiger partial charge on any atom is 0.115 e. The highest BCUT2D eigenvalue weighted by Crippen LogP contribution is 2.13. The molecule has 2 nitrogen and oxygen atoms in total. The molecule has 0 aliphatic carbocycles. The molecule has 0 fully saturated rings. The Morgan fingerprint density at radius 2 is 1.94 bits per heavy atom. The van der Waals surface area contributed by atoms with Gasteiger partial charge < -0.3 is 10.4 Å². The Hall–Kier alpha value is -1.28. The summed E-state index contributed by atoms with van der Waals surface area (Å²) in [6.07, 6.45) is 4.31. The maximum absolute atomic E-state index is 9.19. The molecule has 0 saturated carbocycles. The Morgan fingerprint density at radius 3 is 2.53 bits per heavy atom. The molecule has 0 aliphatic rings. The SMILES string of the molecule is CC(=CCCNC(C)C)Cc1ccc(O)cc1. The van der Waals surface area contributed by atoms with E-state index in [2.05, 4.69) is 32.2 Å². The molecule has 2 N–H and O–H groups in total. The topological polar surface area (TPSA) is 32.3 Å². The van der Waals surface area contributed by atoms with Crippen molar-refractivity contribution in [3.63, 3.8) is 0 Å². The predicted molar refractivity (Wildman–Crippen MR) is 73.3 cm³/mol. The van der Waals surface area contributed by atoms with Crippen LogP contribution in [0.4, 0.5) is 0 Å². The van der Waals surface area contributed by atoms with E-state index >= 15 is 0 Å². The minimum absolute atomic E-state index is 0.330. The molecule has 0 aromatic heterocycles. The molecule has 94 valence electrons. The van der Waals surface area contributed by atoms with E-state index in [1.54, 1.807) is 12.1 Å². The van der Waals surface area contributed by atoms with E-state index in [0.717, 1.165) is 19.4 Å². The van der Waals surface area contributed by atoms with Crippen molar-refractivity contribution in [2.75, 3.05) is 6.54 Å². The third-order valence-corrected chi connectivity index (χ3v) is 2.61. The van der Waals surface area contributed by atoms with Crippen LogP contribution in [0, 0.1) is 0 Å². The summed E-state index contributed by atoms with van der Waals surface area (Å²) in [4.78, 5) is 0. The van der Waals surface area contributed by atoms with Gasteiger partial charge in [-0.2, -0.15) is 0 Å². The van der Waals surface area contributed by atoms with Gasteiger partial charge in [0.15, 0.2) is 0 Å². The van der Waals surface area contributed by atoms with Gasteiger partial charge in [-0.1, -0.05) is 37.6 Å². The maximum atomic E-state index is 9.19. The second kappa shape index (κ2) is 7.13. The molecule has 1 aromatic carbocycles. The van der Waals surface area contributed by atoms with Crippen molar-refractivity contribution in [2.24, 2.45) is 0 Å². The van der Waals surface area contributed by atoms with Gasteiger partial charge in [0.1, 0.15) is 5.75 Å². The van der Waals surface area contributed by atoms with Crippen LogP contribution in [0.3, 0.4) is 0 Å². The van der Waals surface area contributed by atoms with Crippen molar-refractivity contribution < 1.29 is 5.11 Å². The Labute approximate surface area is 104 Å². The lowest BCUT2D eigenvalue weighted by Crippen LogP contribution is -2.23. The molecule has 0 spiro atoms. The Kier molecular flexibility index (Phi) is 5.78. The molecule has 0 unspecified atom stereocenters. The molecule has 2 heteroatoms. The third kappa shape index (κ3) is 6.12. The first-order chi connectivity index (χ1) is 8.08. The van der Waals surface area contributed by atoms with Crippen molar-refractivity contribution in [1.29, 1.82) is 0 Å². The van der Waals surface area contributed by atoms with E-state index in [-0.39, 0.29) is 0 Å². The van der Waals surface area contributed by atoms with Crippen LogP contribution < -0.4 is 5.32 Å². The zero-order valence-electron chi connectivity index (χ0n) is 11.0. The lowest BCUT2D eigenvalue weighted by Gasteiger charge is -2.06.